The zero-order valence-electron chi connectivity index (χ0n) is 17.9. The molecule has 0 unspecified atom stereocenters. The second kappa shape index (κ2) is 8.20. The van der Waals surface area contributed by atoms with E-state index >= 15 is 0 Å². The van der Waals surface area contributed by atoms with Gasteiger partial charge in [-0.3, -0.25) is 19.8 Å². The van der Waals surface area contributed by atoms with Crippen LogP contribution >= 0.6 is 0 Å². The van der Waals surface area contributed by atoms with Crippen molar-refractivity contribution in [1.29, 1.82) is 0 Å². The van der Waals surface area contributed by atoms with Gasteiger partial charge < -0.3 is 0 Å². The number of nitro groups is 1. The van der Waals surface area contributed by atoms with Gasteiger partial charge in [0.05, 0.1) is 10.6 Å². The average Bonchev–Trinajstić information content (AvgIpc) is 3.15. The molecule has 1 aliphatic heterocycles. The van der Waals surface area contributed by atoms with E-state index in [1.54, 1.807) is 23.1 Å². The first-order chi connectivity index (χ1) is 16.0. The molecule has 0 bridgehead atoms. The summed E-state index contributed by atoms with van der Waals surface area (Å²) in [4.78, 5) is 25.8. The van der Waals surface area contributed by atoms with Crippen LogP contribution < -0.4 is 4.90 Å². The summed E-state index contributed by atoms with van der Waals surface area (Å²) in [6.45, 7) is 2.03. The van der Waals surface area contributed by atoms with Gasteiger partial charge >= 0.3 is 0 Å². The third kappa shape index (κ3) is 3.92. The van der Waals surface area contributed by atoms with E-state index in [0.29, 0.717) is 5.57 Å². The summed E-state index contributed by atoms with van der Waals surface area (Å²) in [5, 5.41) is 13.1. The summed E-state index contributed by atoms with van der Waals surface area (Å²) in [5.41, 5.74) is 4.93. The Balaban J connectivity index is 1.60. The molecule has 1 amide bonds. The molecule has 160 valence electrons. The van der Waals surface area contributed by atoms with E-state index in [2.05, 4.69) is 0 Å². The minimum atomic E-state index is -0.436. The maximum absolute atomic E-state index is 13.6. The van der Waals surface area contributed by atoms with E-state index in [1.165, 1.54) is 12.1 Å². The van der Waals surface area contributed by atoms with Crippen LogP contribution in [0.25, 0.3) is 22.5 Å². The van der Waals surface area contributed by atoms with E-state index in [1.807, 2.05) is 79.7 Å². The van der Waals surface area contributed by atoms with Crippen molar-refractivity contribution in [2.45, 2.75) is 6.92 Å². The fourth-order valence-corrected chi connectivity index (χ4v) is 4.00. The molecule has 0 fully saturated rings. The van der Waals surface area contributed by atoms with Crippen molar-refractivity contribution >= 4 is 39.8 Å². The van der Waals surface area contributed by atoms with Crippen molar-refractivity contribution in [3.8, 4) is 0 Å². The predicted molar refractivity (Wildman–Crippen MR) is 132 cm³/mol. The van der Waals surface area contributed by atoms with Gasteiger partial charge in [-0.2, -0.15) is 0 Å². The maximum Gasteiger partial charge on any atom is 0.269 e. The smallest absolute Gasteiger partial charge is 0.269 e. The van der Waals surface area contributed by atoms with Gasteiger partial charge in [0.1, 0.15) is 0 Å². The third-order valence-electron chi connectivity index (χ3n) is 5.75. The van der Waals surface area contributed by atoms with Gasteiger partial charge in [0.15, 0.2) is 0 Å². The van der Waals surface area contributed by atoms with Crippen LogP contribution in [0.1, 0.15) is 16.7 Å². The second-order valence-electron chi connectivity index (χ2n) is 8.02. The number of fused-ring (bicyclic) bond motifs is 1. The molecule has 0 aromatic heterocycles. The fraction of sp³-hybridized carbons (Fsp3) is 0.0357. The average molecular weight is 432 g/mol. The van der Waals surface area contributed by atoms with Crippen molar-refractivity contribution < 1.29 is 9.72 Å². The zero-order chi connectivity index (χ0) is 22.9. The number of anilines is 1. The quantitative estimate of drug-likeness (QED) is 0.209. The number of hydrogen-bond donors (Lipinski definition) is 0. The van der Waals surface area contributed by atoms with Crippen molar-refractivity contribution in [3.05, 3.63) is 129 Å². The SMILES string of the molecule is Cc1ccc(C2=C/C(=C\c3ccc([N+](=O)[O-])cc3)C(=O)N2c2ccc3ccccc3c2)cc1. The number of rotatable bonds is 4. The summed E-state index contributed by atoms with van der Waals surface area (Å²) < 4.78 is 0. The van der Waals surface area contributed by atoms with E-state index in [9.17, 15) is 14.9 Å². The number of aryl methyl sites for hydroxylation is 1. The minimum Gasteiger partial charge on any atom is -0.276 e. The van der Waals surface area contributed by atoms with Crippen LogP contribution in [-0.2, 0) is 4.79 Å². The normalized spacial score (nSPS) is 14.7. The molecule has 33 heavy (non-hydrogen) atoms. The van der Waals surface area contributed by atoms with Gasteiger partial charge in [-0.25, -0.2) is 0 Å². The van der Waals surface area contributed by atoms with E-state index in [0.717, 1.165) is 38.8 Å². The predicted octanol–water partition coefficient (Wildman–Crippen LogP) is 6.53. The lowest BCUT2D eigenvalue weighted by atomic mass is 10.1. The highest BCUT2D eigenvalue weighted by Gasteiger charge is 2.30. The van der Waals surface area contributed by atoms with Crippen LogP contribution in [0, 0.1) is 17.0 Å². The summed E-state index contributed by atoms with van der Waals surface area (Å²) in [6.07, 6.45) is 3.64. The number of nitrogens with zero attached hydrogens (tertiary/aromatic N) is 2. The van der Waals surface area contributed by atoms with Crippen LogP contribution in [-0.4, -0.2) is 10.8 Å². The molecule has 5 nitrogen and oxygen atoms in total. The Morgan fingerprint density at radius 1 is 0.848 bits per heavy atom. The van der Waals surface area contributed by atoms with Crippen LogP contribution in [0.4, 0.5) is 11.4 Å². The number of benzene rings is 4. The van der Waals surface area contributed by atoms with Crippen LogP contribution in [0.5, 0.6) is 0 Å². The number of hydrogen-bond acceptors (Lipinski definition) is 3. The van der Waals surface area contributed by atoms with Gasteiger partial charge in [0.25, 0.3) is 11.6 Å². The van der Waals surface area contributed by atoms with Crippen LogP contribution in [0.15, 0.2) is 103 Å². The molecule has 4 aromatic rings. The van der Waals surface area contributed by atoms with E-state index in [4.69, 9.17) is 0 Å². The molecule has 5 heteroatoms. The summed E-state index contributed by atoms with van der Waals surface area (Å²) in [5.74, 6) is -0.140. The standard InChI is InChI=1S/C28H20N2O3/c1-19-6-10-22(11-7-19)27-18-24(16-20-8-13-25(14-9-20)30(32)33)28(31)29(27)26-15-12-21-4-2-3-5-23(21)17-26/h2-18H,1H3/b24-16+. The minimum absolute atomic E-state index is 0.0172. The second-order valence-corrected chi connectivity index (χ2v) is 8.02. The maximum atomic E-state index is 13.6. The Bertz CT molecular complexity index is 1450. The van der Waals surface area contributed by atoms with Crippen molar-refractivity contribution in [1.82, 2.24) is 0 Å². The van der Waals surface area contributed by atoms with Crippen molar-refractivity contribution in [2.24, 2.45) is 0 Å². The Morgan fingerprint density at radius 3 is 2.24 bits per heavy atom. The first-order valence-corrected chi connectivity index (χ1v) is 10.6. The van der Waals surface area contributed by atoms with Crippen molar-refractivity contribution in [2.75, 3.05) is 4.90 Å². The van der Waals surface area contributed by atoms with Gasteiger partial charge in [-0.1, -0.05) is 60.2 Å². The molecule has 0 saturated carbocycles. The van der Waals surface area contributed by atoms with Crippen molar-refractivity contribution in [3.63, 3.8) is 0 Å². The molecule has 0 N–H and O–H groups in total. The lowest BCUT2D eigenvalue weighted by Crippen LogP contribution is -2.24. The van der Waals surface area contributed by atoms with Gasteiger partial charge in [0, 0.05) is 23.4 Å². The lowest BCUT2D eigenvalue weighted by molar-refractivity contribution is -0.384. The highest BCUT2D eigenvalue weighted by atomic mass is 16.6. The van der Waals surface area contributed by atoms with E-state index < -0.39 is 4.92 Å². The largest absolute Gasteiger partial charge is 0.276 e. The van der Waals surface area contributed by atoms with Gasteiger partial charge in [-0.15, -0.1) is 0 Å². The van der Waals surface area contributed by atoms with Crippen LogP contribution in [0.3, 0.4) is 0 Å². The highest BCUT2D eigenvalue weighted by molar-refractivity contribution is 6.23. The Hall–Kier alpha value is -4.51. The van der Waals surface area contributed by atoms with E-state index in [-0.39, 0.29) is 11.6 Å². The number of amides is 1. The first-order valence-electron chi connectivity index (χ1n) is 10.6. The number of carbonyl (C=O) groups excluding carboxylic acids is 1. The summed E-state index contributed by atoms with van der Waals surface area (Å²) in [6, 6.07) is 28.3. The highest BCUT2D eigenvalue weighted by Crippen LogP contribution is 2.36. The number of carbonyl (C=O) groups is 1. The van der Waals surface area contributed by atoms with Gasteiger partial charge in [0.2, 0.25) is 0 Å². The molecule has 1 aliphatic rings. The van der Waals surface area contributed by atoms with Crippen LogP contribution in [0.2, 0.25) is 0 Å². The summed E-state index contributed by atoms with van der Waals surface area (Å²) in [7, 11) is 0. The zero-order valence-corrected chi connectivity index (χ0v) is 17.9. The first kappa shape index (κ1) is 20.4. The summed E-state index contributed by atoms with van der Waals surface area (Å²) >= 11 is 0. The lowest BCUT2D eigenvalue weighted by Gasteiger charge is -2.21. The molecule has 0 radical (unpaired) electrons. The molecular weight excluding hydrogens is 412 g/mol. The molecule has 0 aliphatic carbocycles. The fourth-order valence-electron chi connectivity index (χ4n) is 4.00. The molecule has 0 atom stereocenters. The number of nitro benzene ring substituents is 1. The van der Waals surface area contributed by atoms with Gasteiger partial charge in [-0.05, 0) is 65.2 Å². The molecule has 4 aromatic carbocycles. The Kier molecular flexibility index (Phi) is 5.07. The molecule has 5 rings (SSSR count). The third-order valence-corrected chi connectivity index (χ3v) is 5.75. The monoisotopic (exact) mass is 432 g/mol. The molecule has 0 saturated heterocycles. The Labute approximate surface area is 191 Å². The molecule has 0 spiro atoms. The molecule has 1 heterocycles. The molecular formula is C28H20N2O3. The number of non-ortho nitro benzene ring substituents is 1. The Morgan fingerprint density at radius 2 is 1.55 bits per heavy atom. The topological polar surface area (TPSA) is 63.5 Å².